The Kier molecular flexibility index (Phi) is 5.28. The maximum absolute atomic E-state index is 2.34. The summed E-state index contributed by atoms with van der Waals surface area (Å²) in [7, 11) is 0. The lowest BCUT2D eigenvalue weighted by Crippen LogP contribution is -2.19. The van der Waals surface area contributed by atoms with Crippen LogP contribution in [0.1, 0.15) is 53.9 Å². The predicted octanol–water partition coefficient (Wildman–Crippen LogP) is 4.42. The van der Waals surface area contributed by atoms with Gasteiger partial charge in [-0.3, -0.25) is 0 Å². The lowest BCUT2D eigenvalue weighted by molar-refractivity contribution is 0.220. The smallest absolute Gasteiger partial charge is 0.0348 e. The zero-order valence-corrected chi connectivity index (χ0v) is 9.35. The monoisotopic (exact) mass is 168 g/mol. The van der Waals surface area contributed by atoms with E-state index in [-0.39, 0.29) is 0 Å². The van der Waals surface area contributed by atoms with Crippen LogP contribution < -0.4 is 0 Å². The maximum atomic E-state index is 2.34. The van der Waals surface area contributed by atoms with Crippen molar-refractivity contribution in [1.29, 1.82) is 0 Å². The number of hydrogen-bond donors (Lipinski definition) is 0. The molecule has 0 aliphatic rings. The molecule has 0 aliphatic heterocycles. The van der Waals surface area contributed by atoms with Crippen LogP contribution in [0.15, 0.2) is 12.2 Å². The average Bonchev–Trinajstić information content (AvgIpc) is 1.95. The van der Waals surface area contributed by atoms with Crippen LogP contribution >= 0.6 is 0 Å². The molecule has 0 rings (SSSR count). The first-order valence-electron chi connectivity index (χ1n) is 5.13. The van der Waals surface area contributed by atoms with E-state index in [1.807, 2.05) is 0 Å². The van der Waals surface area contributed by atoms with Crippen molar-refractivity contribution >= 4 is 0 Å². The van der Waals surface area contributed by atoms with Gasteiger partial charge in [0.05, 0.1) is 0 Å². The van der Waals surface area contributed by atoms with Crippen LogP contribution in [-0.4, -0.2) is 0 Å². The van der Waals surface area contributed by atoms with Crippen molar-refractivity contribution in [3.05, 3.63) is 12.2 Å². The van der Waals surface area contributed by atoms with E-state index in [2.05, 4.69) is 46.8 Å². The molecule has 0 heteroatoms. The number of hydrogen-bond acceptors (Lipinski definition) is 0. The molecule has 0 fully saturated rings. The highest BCUT2D eigenvalue weighted by Crippen LogP contribution is 2.32. The third-order valence-electron chi connectivity index (χ3n) is 2.64. The SMILES string of the molecule is CC=CCCC(CC)C(C)(C)C. The Balaban J connectivity index is 3.84. The predicted molar refractivity (Wildman–Crippen MR) is 57.3 cm³/mol. The van der Waals surface area contributed by atoms with Crippen molar-refractivity contribution in [2.75, 3.05) is 0 Å². The first-order valence-corrected chi connectivity index (χ1v) is 5.13. The second-order valence-electron chi connectivity index (χ2n) is 4.62. The highest BCUT2D eigenvalue weighted by molar-refractivity contribution is 4.81. The molecule has 0 N–H and O–H groups in total. The van der Waals surface area contributed by atoms with Crippen molar-refractivity contribution in [2.45, 2.75) is 53.9 Å². The van der Waals surface area contributed by atoms with Gasteiger partial charge in [0, 0.05) is 0 Å². The van der Waals surface area contributed by atoms with Crippen LogP contribution in [0.25, 0.3) is 0 Å². The highest BCUT2D eigenvalue weighted by atomic mass is 14.3. The van der Waals surface area contributed by atoms with E-state index in [4.69, 9.17) is 0 Å². The van der Waals surface area contributed by atoms with Crippen molar-refractivity contribution in [1.82, 2.24) is 0 Å². The van der Waals surface area contributed by atoms with E-state index in [9.17, 15) is 0 Å². The van der Waals surface area contributed by atoms with Crippen molar-refractivity contribution in [3.63, 3.8) is 0 Å². The molecule has 0 amide bonds. The molecule has 0 bridgehead atoms. The van der Waals surface area contributed by atoms with Gasteiger partial charge in [0.2, 0.25) is 0 Å². The zero-order chi connectivity index (χ0) is 9.61. The Morgan fingerprint density at radius 2 is 1.83 bits per heavy atom. The normalized spacial score (nSPS) is 15.4. The van der Waals surface area contributed by atoms with Gasteiger partial charge in [-0.25, -0.2) is 0 Å². The molecule has 72 valence electrons. The molecule has 0 radical (unpaired) electrons. The zero-order valence-electron chi connectivity index (χ0n) is 9.35. The minimum atomic E-state index is 0.482. The summed E-state index contributed by atoms with van der Waals surface area (Å²) in [6.07, 6.45) is 8.31. The maximum Gasteiger partial charge on any atom is -0.0348 e. The van der Waals surface area contributed by atoms with Gasteiger partial charge in [0.25, 0.3) is 0 Å². The van der Waals surface area contributed by atoms with Crippen LogP contribution in [0.4, 0.5) is 0 Å². The highest BCUT2D eigenvalue weighted by Gasteiger charge is 2.21. The summed E-state index contributed by atoms with van der Waals surface area (Å²) in [5.41, 5.74) is 0.482. The molecule has 0 aromatic rings. The second kappa shape index (κ2) is 5.40. The van der Waals surface area contributed by atoms with Crippen LogP contribution in [-0.2, 0) is 0 Å². The molecule has 1 unspecified atom stereocenters. The Morgan fingerprint density at radius 1 is 1.25 bits per heavy atom. The van der Waals surface area contributed by atoms with Gasteiger partial charge < -0.3 is 0 Å². The van der Waals surface area contributed by atoms with Crippen LogP contribution in [0, 0.1) is 11.3 Å². The van der Waals surface area contributed by atoms with E-state index >= 15 is 0 Å². The fourth-order valence-corrected chi connectivity index (χ4v) is 1.71. The largest absolute Gasteiger partial charge is 0.0917 e. The topological polar surface area (TPSA) is 0 Å². The third-order valence-corrected chi connectivity index (χ3v) is 2.64. The van der Waals surface area contributed by atoms with Gasteiger partial charge in [0.15, 0.2) is 0 Å². The lowest BCUT2D eigenvalue weighted by Gasteiger charge is -2.29. The Hall–Kier alpha value is -0.260. The summed E-state index contributed by atoms with van der Waals surface area (Å²) in [5, 5.41) is 0. The van der Waals surface area contributed by atoms with E-state index < -0.39 is 0 Å². The summed E-state index contributed by atoms with van der Waals surface area (Å²) < 4.78 is 0. The molecule has 0 aliphatic carbocycles. The number of allylic oxidation sites excluding steroid dienone is 2. The van der Waals surface area contributed by atoms with Crippen LogP contribution in [0.2, 0.25) is 0 Å². The average molecular weight is 168 g/mol. The molecule has 0 nitrogen and oxygen atoms in total. The Morgan fingerprint density at radius 3 is 2.17 bits per heavy atom. The van der Waals surface area contributed by atoms with Gasteiger partial charge in [-0.1, -0.05) is 46.3 Å². The first-order chi connectivity index (χ1) is 5.52. The van der Waals surface area contributed by atoms with Gasteiger partial charge >= 0.3 is 0 Å². The summed E-state index contributed by atoms with van der Waals surface area (Å²) in [4.78, 5) is 0. The lowest BCUT2D eigenvalue weighted by atomic mass is 9.76. The van der Waals surface area contributed by atoms with Gasteiger partial charge in [-0.05, 0) is 31.1 Å². The van der Waals surface area contributed by atoms with Gasteiger partial charge in [0.1, 0.15) is 0 Å². The van der Waals surface area contributed by atoms with Crippen molar-refractivity contribution in [2.24, 2.45) is 11.3 Å². The second-order valence-corrected chi connectivity index (χ2v) is 4.62. The van der Waals surface area contributed by atoms with Crippen molar-refractivity contribution in [3.8, 4) is 0 Å². The molecule has 1 atom stereocenters. The van der Waals surface area contributed by atoms with E-state index in [1.54, 1.807) is 0 Å². The quantitative estimate of drug-likeness (QED) is 0.545. The van der Waals surface area contributed by atoms with Gasteiger partial charge in [-0.2, -0.15) is 0 Å². The fraction of sp³-hybridized carbons (Fsp3) is 0.833. The standard InChI is InChI=1S/C12H24/c1-6-8-9-10-11(7-2)12(3,4)5/h6,8,11H,7,9-10H2,1-5H3. The Labute approximate surface area is 78.1 Å². The van der Waals surface area contributed by atoms with E-state index in [0.29, 0.717) is 5.41 Å². The minimum absolute atomic E-state index is 0.482. The molecule has 0 saturated heterocycles. The molecular weight excluding hydrogens is 144 g/mol. The Bertz CT molecular complexity index is 125. The molecule has 0 heterocycles. The number of rotatable bonds is 4. The molecule has 12 heavy (non-hydrogen) atoms. The molecule has 0 spiro atoms. The molecular formula is C12H24. The summed E-state index contributed by atoms with van der Waals surface area (Å²) in [6, 6.07) is 0. The third kappa shape index (κ3) is 4.58. The molecule has 0 aromatic carbocycles. The van der Waals surface area contributed by atoms with E-state index in [0.717, 1.165) is 5.92 Å². The van der Waals surface area contributed by atoms with Crippen LogP contribution in [0.3, 0.4) is 0 Å². The van der Waals surface area contributed by atoms with Gasteiger partial charge in [-0.15, -0.1) is 0 Å². The summed E-state index contributed by atoms with van der Waals surface area (Å²) in [5.74, 6) is 0.869. The van der Waals surface area contributed by atoms with E-state index in [1.165, 1.54) is 19.3 Å². The van der Waals surface area contributed by atoms with Crippen LogP contribution in [0.5, 0.6) is 0 Å². The fourth-order valence-electron chi connectivity index (χ4n) is 1.71. The summed E-state index contributed by atoms with van der Waals surface area (Å²) >= 11 is 0. The molecule has 0 saturated carbocycles. The minimum Gasteiger partial charge on any atom is -0.0917 e. The van der Waals surface area contributed by atoms with Crippen molar-refractivity contribution < 1.29 is 0 Å². The first kappa shape index (κ1) is 11.7. The molecule has 0 aromatic heterocycles. The summed E-state index contributed by atoms with van der Waals surface area (Å²) in [6.45, 7) is 11.4.